The maximum atomic E-state index is 14.0. The molecule has 8 heteroatoms. The van der Waals surface area contributed by atoms with Crippen LogP contribution in [-0.2, 0) is 4.79 Å². The summed E-state index contributed by atoms with van der Waals surface area (Å²) in [6.07, 6.45) is 0.884. The molecule has 3 aromatic rings. The average molecular weight is 395 g/mol. The molecule has 1 amide bonds. The quantitative estimate of drug-likeness (QED) is 0.668. The Morgan fingerprint density at radius 3 is 2.48 bits per heavy atom. The Morgan fingerprint density at radius 1 is 1.14 bits per heavy atom. The van der Waals surface area contributed by atoms with Gasteiger partial charge in [0.15, 0.2) is 5.69 Å². The summed E-state index contributed by atoms with van der Waals surface area (Å²) in [5.41, 5.74) is 0.511. The smallest absolute Gasteiger partial charge is 0.305 e. The number of carbonyl (C=O) groups excluding carboxylic acids is 1. The van der Waals surface area contributed by atoms with Gasteiger partial charge in [-0.25, -0.2) is 9.07 Å². The van der Waals surface area contributed by atoms with Crippen molar-refractivity contribution in [2.24, 2.45) is 0 Å². The molecule has 0 bridgehead atoms. The number of benzene rings is 2. The SMILES string of the molecule is Cc1ccc(C(CC(=O)O)NC(=O)c2nn(-c3ccccc3F)ccc2=O)cc1. The van der Waals surface area contributed by atoms with Crippen molar-refractivity contribution < 1.29 is 19.1 Å². The van der Waals surface area contributed by atoms with Gasteiger partial charge < -0.3 is 10.4 Å². The zero-order valence-corrected chi connectivity index (χ0v) is 15.5. The van der Waals surface area contributed by atoms with E-state index < -0.39 is 34.9 Å². The standard InChI is InChI=1S/C21H18FN3O4/c1-13-6-8-14(9-7-13)16(12-19(27)28)23-21(29)20-18(26)10-11-25(24-20)17-5-3-2-4-15(17)22/h2-11,16H,12H2,1H3,(H,23,29)(H,27,28). The summed E-state index contributed by atoms with van der Waals surface area (Å²) in [5, 5.41) is 15.7. The van der Waals surface area contributed by atoms with E-state index in [2.05, 4.69) is 10.4 Å². The molecule has 29 heavy (non-hydrogen) atoms. The molecule has 3 rings (SSSR count). The summed E-state index contributed by atoms with van der Waals surface area (Å²) < 4.78 is 15.1. The first kappa shape index (κ1) is 19.9. The summed E-state index contributed by atoms with van der Waals surface area (Å²) >= 11 is 0. The highest BCUT2D eigenvalue weighted by Gasteiger charge is 2.22. The largest absolute Gasteiger partial charge is 0.481 e. The number of amides is 1. The molecule has 148 valence electrons. The number of hydrogen-bond acceptors (Lipinski definition) is 4. The van der Waals surface area contributed by atoms with Crippen molar-refractivity contribution in [1.82, 2.24) is 15.1 Å². The van der Waals surface area contributed by atoms with Crippen LogP contribution in [0.2, 0.25) is 0 Å². The van der Waals surface area contributed by atoms with Crippen molar-refractivity contribution in [3.05, 3.63) is 93.7 Å². The van der Waals surface area contributed by atoms with Gasteiger partial charge in [0.2, 0.25) is 5.43 Å². The average Bonchev–Trinajstić information content (AvgIpc) is 2.68. The van der Waals surface area contributed by atoms with Gasteiger partial charge in [-0.3, -0.25) is 14.4 Å². The van der Waals surface area contributed by atoms with E-state index in [0.717, 1.165) is 16.3 Å². The lowest BCUT2D eigenvalue weighted by atomic mass is 10.0. The zero-order chi connectivity index (χ0) is 21.0. The van der Waals surface area contributed by atoms with Crippen LogP contribution in [0.3, 0.4) is 0 Å². The molecule has 0 fully saturated rings. The molecule has 0 aliphatic carbocycles. The number of carboxylic acid groups (broad SMARTS) is 1. The van der Waals surface area contributed by atoms with Gasteiger partial charge in [-0.1, -0.05) is 42.0 Å². The highest BCUT2D eigenvalue weighted by Crippen LogP contribution is 2.18. The van der Waals surface area contributed by atoms with Crippen LogP contribution in [0.15, 0.2) is 65.6 Å². The molecule has 0 radical (unpaired) electrons. The van der Waals surface area contributed by atoms with Gasteiger partial charge in [-0.15, -0.1) is 0 Å². The number of aliphatic carboxylic acids is 1. The van der Waals surface area contributed by atoms with Gasteiger partial charge in [-0.05, 0) is 24.6 Å². The molecule has 1 atom stereocenters. The minimum absolute atomic E-state index is 0.0715. The monoisotopic (exact) mass is 395 g/mol. The first-order chi connectivity index (χ1) is 13.8. The Hall–Kier alpha value is -3.81. The molecule has 0 aliphatic rings. The van der Waals surface area contributed by atoms with Crippen molar-refractivity contribution in [2.75, 3.05) is 0 Å². The molecule has 1 heterocycles. The van der Waals surface area contributed by atoms with Gasteiger partial charge in [0.1, 0.15) is 11.5 Å². The molecule has 1 unspecified atom stereocenters. The van der Waals surface area contributed by atoms with Crippen LogP contribution in [0.1, 0.15) is 34.1 Å². The Morgan fingerprint density at radius 2 is 1.83 bits per heavy atom. The zero-order valence-electron chi connectivity index (χ0n) is 15.5. The highest BCUT2D eigenvalue weighted by molar-refractivity contribution is 5.92. The molecule has 1 aromatic heterocycles. The fourth-order valence-corrected chi connectivity index (χ4v) is 2.79. The molecule has 0 spiro atoms. The van der Waals surface area contributed by atoms with Crippen molar-refractivity contribution in [2.45, 2.75) is 19.4 Å². The van der Waals surface area contributed by atoms with Crippen LogP contribution in [0.4, 0.5) is 4.39 Å². The summed E-state index contributed by atoms with van der Waals surface area (Å²) in [5.74, 6) is -2.52. The summed E-state index contributed by atoms with van der Waals surface area (Å²) in [4.78, 5) is 36.1. The number of hydrogen-bond donors (Lipinski definition) is 2. The second kappa shape index (κ2) is 8.47. The highest BCUT2D eigenvalue weighted by atomic mass is 19.1. The van der Waals surface area contributed by atoms with Gasteiger partial charge in [0, 0.05) is 12.3 Å². The first-order valence-corrected chi connectivity index (χ1v) is 8.79. The number of halogens is 1. The second-order valence-electron chi connectivity index (χ2n) is 6.46. The Bertz CT molecular complexity index is 1110. The van der Waals surface area contributed by atoms with Crippen LogP contribution < -0.4 is 10.7 Å². The van der Waals surface area contributed by atoms with Crippen LogP contribution in [0.25, 0.3) is 5.69 Å². The number of aromatic nitrogens is 2. The summed E-state index contributed by atoms with van der Waals surface area (Å²) in [6, 6.07) is 13.0. The van der Waals surface area contributed by atoms with E-state index in [4.69, 9.17) is 0 Å². The van der Waals surface area contributed by atoms with Crippen molar-refractivity contribution in [3.63, 3.8) is 0 Å². The molecular formula is C21H18FN3O4. The molecule has 7 nitrogen and oxygen atoms in total. The number of aryl methyl sites for hydroxylation is 1. The minimum atomic E-state index is -1.11. The third kappa shape index (κ3) is 4.73. The van der Waals surface area contributed by atoms with E-state index in [0.29, 0.717) is 5.56 Å². The molecule has 2 N–H and O–H groups in total. The third-order valence-electron chi connectivity index (χ3n) is 4.29. The van der Waals surface area contributed by atoms with Crippen molar-refractivity contribution in [1.29, 1.82) is 0 Å². The molecule has 2 aromatic carbocycles. The number of carbonyl (C=O) groups is 2. The lowest BCUT2D eigenvalue weighted by molar-refractivity contribution is -0.137. The number of carboxylic acids is 1. The first-order valence-electron chi connectivity index (χ1n) is 8.79. The predicted molar refractivity (Wildman–Crippen MR) is 103 cm³/mol. The Balaban J connectivity index is 1.93. The number of para-hydroxylation sites is 1. The van der Waals surface area contributed by atoms with Crippen LogP contribution in [0, 0.1) is 12.7 Å². The fourth-order valence-electron chi connectivity index (χ4n) is 2.79. The van der Waals surface area contributed by atoms with E-state index >= 15 is 0 Å². The molecular weight excluding hydrogens is 377 g/mol. The third-order valence-corrected chi connectivity index (χ3v) is 4.29. The fraction of sp³-hybridized carbons (Fsp3) is 0.143. The van der Waals surface area contributed by atoms with E-state index in [1.165, 1.54) is 24.4 Å². The number of nitrogens with zero attached hydrogens (tertiary/aromatic N) is 2. The van der Waals surface area contributed by atoms with E-state index in [1.54, 1.807) is 30.3 Å². The van der Waals surface area contributed by atoms with Crippen molar-refractivity contribution in [3.8, 4) is 5.69 Å². The van der Waals surface area contributed by atoms with Gasteiger partial charge in [-0.2, -0.15) is 5.10 Å². The lowest BCUT2D eigenvalue weighted by Gasteiger charge is -2.17. The normalized spacial score (nSPS) is 11.7. The van der Waals surface area contributed by atoms with Crippen LogP contribution in [-0.4, -0.2) is 26.8 Å². The topological polar surface area (TPSA) is 101 Å². The van der Waals surface area contributed by atoms with Crippen LogP contribution in [0.5, 0.6) is 0 Å². The maximum Gasteiger partial charge on any atom is 0.305 e. The van der Waals surface area contributed by atoms with E-state index in [9.17, 15) is 23.9 Å². The van der Waals surface area contributed by atoms with Crippen LogP contribution >= 0.6 is 0 Å². The number of rotatable bonds is 6. The second-order valence-corrected chi connectivity index (χ2v) is 6.46. The van der Waals surface area contributed by atoms with E-state index in [1.807, 2.05) is 6.92 Å². The number of nitrogens with one attached hydrogen (secondary N) is 1. The molecule has 0 saturated carbocycles. The van der Waals surface area contributed by atoms with E-state index in [-0.39, 0.29) is 12.1 Å². The van der Waals surface area contributed by atoms with Gasteiger partial charge in [0.05, 0.1) is 12.5 Å². The lowest BCUT2D eigenvalue weighted by Crippen LogP contribution is -2.35. The van der Waals surface area contributed by atoms with Gasteiger partial charge >= 0.3 is 5.97 Å². The summed E-state index contributed by atoms with van der Waals surface area (Å²) in [7, 11) is 0. The molecule has 0 saturated heterocycles. The minimum Gasteiger partial charge on any atom is -0.481 e. The summed E-state index contributed by atoms with van der Waals surface area (Å²) in [6.45, 7) is 1.88. The molecule has 0 aliphatic heterocycles. The Labute approximate surface area is 165 Å². The Kier molecular flexibility index (Phi) is 5.82. The van der Waals surface area contributed by atoms with Crippen molar-refractivity contribution >= 4 is 11.9 Å². The maximum absolute atomic E-state index is 14.0. The van der Waals surface area contributed by atoms with Gasteiger partial charge in [0.25, 0.3) is 5.91 Å². The predicted octanol–water partition coefficient (Wildman–Crippen LogP) is 2.63.